The Balaban J connectivity index is 2.27. The molecule has 0 aliphatic rings. The molecule has 0 saturated heterocycles. The normalized spacial score (nSPS) is 11.9. The monoisotopic (exact) mass is 287 g/mol. The zero-order valence-corrected chi connectivity index (χ0v) is 13.0. The summed E-state index contributed by atoms with van der Waals surface area (Å²) in [6, 6.07) is 9.96. The molecule has 2 aromatic carbocycles. The Kier molecular flexibility index (Phi) is 4.31. The molecule has 0 atom stereocenters. The molecule has 3 heteroatoms. The lowest BCUT2D eigenvalue weighted by Crippen LogP contribution is -2.37. The lowest BCUT2D eigenvalue weighted by atomic mass is 9.81. The molecular weight excluding hydrogens is 265 g/mol. The van der Waals surface area contributed by atoms with E-state index < -0.39 is 0 Å². The van der Waals surface area contributed by atoms with Crippen molar-refractivity contribution < 1.29 is 9.18 Å². The third-order valence-corrected chi connectivity index (χ3v) is 4.38. The van der Waals surface area contributed by atoms with Gasteiger partial charge in [-0.25, -0.2) is 4.39 Å². The number of carbonyl (C=O) groups is 1. The summed E-state index contributed by atoms with van der Waals surface area (Å²) in [6.07, 6.45) is 0. The van der Waals surface area contributed by atoms with E-state index >= 15 is 0 Å². The third kappa shape index (κ3) is 3.23. The molecule has 0 unspecified atom stereocenters. The van der Waals surface area contributed by atoms with Gasteiger partial charge in [0, 0.05) is 17.5 Å². The molecule has 0 aliphatic heterocycles. The Morgan fingerprint density at radius 3 is 2.38 bits per heavy atom. The summed E-state index contributed by atoms with van der Waals surface area (Å²) in [5.74, 6) is 0.00680. The van der Waals surface area contributed by atoms with Gasteiger partial charge in [-0.15, -0.1) is 0 Å². The van der Waals surface area contributed by atoms with Gasteiger partial charge in [-0.1, -0.05) is 52.0 Å². The van der Waals surface area contributed by atoms with Gasteiger partial charge in [0.25, 0.3) is 5.91 Å². The van der Waals surface area contributed by atoms with Crippen molar-refractivity contribution in [1.29, 1.82) is 0 Å². The van der Waals surface area contributed by atoms with Gasteiger partial charge in [-0.2, -0.15) is 0 Å². The lowest BCUT2D eigenvalue weighted by molar-refractivity contribution is 0.0926. The number of halogens is 1. The predicted octanol–water partition coefficient (Wildman–Crippen LogP) is 4.39. The molecule has 1 N–H and O–H groups in total. The standard InChI is InChI=1S/C18H22FNO/c1-12(2)18(3,4)11-20-17(21)15-9-10-16(19)14-8-6-5-7-13(14)15/h5-10,12H,11H2,1-4H3,(H,20,21). The Morgan fingerprint density at radius 1 is 1.14 bits per heavy atom. The van der Waals surface area contributed by atoms with E-state index in [1.807, 2.05) is 6.07 Å². The van der Waals surface area contributed by atoms with Crippen LogP contribution in [0.15, 0.2) is 36.4 Å². The molecule has 0 radical (unpaired) electrons. The minimum absolute atomic E-state index is 0.0193. The molecule has 112 valence electrons. The van der Waals surface area contributed by atoms with Crippen molar-refractivity contribution in [3.05, 3.63) is 47.8 Å². The van der Waals surface area contributed by atoms with Crippen LogP contribution >= 0.6 is 0 Å². The first kappa shape index (κ1) is 15.5. The lowest BCUT2D eigenvalue weighted by Gasteiger charge is -2.29. The summed E-state index contributed by atoms with van der Waals surface area (Å²) in [7, 11) is 0. The van der Waals surface area contributed by atoms with E-state index in [2.05, 4.69) is 33.0 Å². The first-order chi connectivity index (χ1) is 9.83. The van der Waals surface area contributed by atoms with Crippen LogP contribution in [-0.2, 0) is 0 Å². The first-order valence-corrected chi connectivity index (χ1v) is 7.28. The van der Waals surface area contributed by atoms with Crippen molar-refractivity contribution in [2.24, 2.45) is 11.3 Å². The quantitative estimate of drug-likeness (QED) is 0.887. The van der Waals surface area contributed by atoms with Crippen LogP contribution in [0.2, 0.25) is 0 Å². The number of hydrogen-bond donors (Lipinski definition) is 1. The van der Waals surface area contributed by atoms with E-state index in [0.717, 1.165) is 0 Å². The van der Waals surface area contributed by atoms with Crippen molar-refractivity contribution in [2.75, 3.05) is 6.54 Å². The number of nitrogens with one attached hydrogen (secondary N) is 1. The Labute approximate surface area is 125 Å². The van der Waals surface area contributed by atoms with Gasteiger partial charge in [0.15, 0.2) is 0 Å². The summed E-state index contributed by atoms with van der Waals surface area (Å²) in [4.78, 5) is 12.4. The third-order valence-electron chi connectivity index (χ3n) is 4.38. The summed E-state index contributed by atoms with van der Waals surface area (Å²) in [5, 5.41) is 4.10. The Hall–Kier alpha value is -1.90. The van der Waals surface area contributed by atoms with E-state index in [1.54, 1.807) is 24.3 Å². The highest BCUT2D eigenvalue weighted by Gasteiger charge is 2.23. The van der Waals surface area contributed by atoms with Crippen molar-refractivity contribution in [2.45, 2.75) is 27.7 Å². The van der Waals surface area contributed by atoms with Crippen LogP contribution in [0.4, 0.5) is 4.39 Å². The minimum Gasteiger partial charge on any atom is -0.351 e. The Morgan fingerprint density at radius 2 is 1.76 bits per heavy atom. The largest absolute Gasteiger partial charge is 0.351 e. The molecule has 0 bridgehead atoms. The SMILES string of the molecule is CC(C)C(C)(C)CNC(=O)c1ccc(F)c2ccccc12. The second-order valence-corrected chi connectivity index (χ2v) is 6.47. The highest BCUT2D eigenvalue weighted by atomic mass is 19.1. The number of amides is 1. The topological polar surface area (TPSA) is 29.1 Å². The van der Waals surface area contributed by atoms with Crippen molar-refractivity contribution >= 4 is 16.7 Å². The number of hydrogen-bond acceptors (Lipinski definition) is 1. The second kappa shape index (κ2) is 5.84. The van der Waals surface area contributed by atoms with E-state index in [1.165, 1.54) is 6.07 Å². The smallest absolute Gasteiger partial charge is 0.251 e. The van der Waals surface area contributed by atoms with Crippen LogP contribution in [0.25, 0.3) is 10.8 Å². The molecule has 0 saturated carbocycles. The molecule has 2 nitrogen and oxygen atoms in total. The van der Waals surface area contributed by atoms with Crippen LogP contribution in [0, 0.1) is 17.2 Å². The molecule has 0 heterocycles. The van der Waals surface area contributed by atoms with Crippen LogP contribution in [0.1, 0.15) is 38.1 Å². The van der Waals surface area contributed by atoms with Gasteiger partial charge in [-0.05, 0) is 28.9 Å². The molecule has 2 aromatic rings. The number of carbonyl (C=O) groups excluding carboxylic acids is 1. The van der Waals surface area contributed by atoms with Gasteiger partial charge in [0.05, 0.1) is 0 Å². The molecule has 0 aliphatic carbocycles. The minimum atomic E-state index is -0.301. The number of rotatable bonds is 4. The van der Waals surface area contributed by atoms with Crippen molar-refractivity contribution in [1.82, 2.24) is 5.32 Å². The molecule has 2 rings (SSSR count). The fourth-order valence-electron chi connectivity index (χ4n) is 2.07. The van der Waals surface area contributed by atoms with Crippen LogP contribution < -0.4 is 5.32 Å². The van der Waals surface area contributed by atoms with E-state index in [0.29, 0.717) is 28.8 Å². The fraction of sp³-hybridized carbons (Fsp3) is 0.389. The summed E-state index contributed by atoms with van der Waals surface area (Å²) in [6.45, 7) is 9.12. The maximum atomic E-state index is 13.8. The molecule has 0 fully saturated rings. The van der Waals surface area contributed by atoms with Crippen molar-refractivity contribution in [3.8, 4) is 0 Å². The van der Waals surface area contributed by atoms with Crippen LogP contribution in [-0.4, -0.2) is 12.5 Å². The maximum Gasteiger partial charge on any atom is 0.251 e. The number of benzene rings is 2. The molecule has 21 heavy (non-hydrogen) atoms. The highest BCUT2D eigenvalue weighted by Crippen LogP contribution is 2.26. The first-order valence-electron chi connectivity index (χ1n) is 7.28. The zero-order valence-electron chi connectivity index (χ0n) is 13.0. The highest BCUT2D eigenvalue weighted by molar-refractivity contribution is 6.07. The maximum absolute atomic E-state index is 13.8. The van der Waals surface area contributed by atoms with E-state index in [9.17, 15) is 9.18 Å². The predicted molar refractivity (Wildman–Crippen MR) is 84.9 cm³/mol. The van der Waals surface area contributed by atoms with Crippen LogP contribution in [0.3, 0.4) is 0 Å². The van der Waals surface area contributed by atoms with Gasteiger partial charge in [-0.3, -0.25) is 4.79 Å². The van der Waals surface area contributed by atoms with Gasteiger partial charge in [0.1, 0.15) is 5.82 Å². The van der Waals surface area contributed by atoms with Crippen LogP contribution in [0.5, 0.6) is 0 Å². The zero-order chi connectivity index (χ0) is 15.6. The summed E-state index contributed by atoms with van der Waals surface area (Å²) >= 11 is 0. The second-order valence-electron chi connectivity index (χ2n) is 6.47. The average Bonchev–Trinajstić information content (AvgIpc) is 2.45. The van der Waals surface area contributed by atoms with Gasteiger partial charge in [0.2, 0.25) is 0 Å². The van der Waals surface area contributed by atoms with Gasteiger partial charge >= 0.3 is 0 Å². The molecule has 0 aromatic heterocycles. The van der Waals surface area contributed by atoms with Gasteiger partial charge < -0.3 is 5.32 Å². The van der Waals surface area contributed by atoms with E-state index in [-0.39, 0.29) is 17.1 Å². The number of fused-ring (bicyclic) bond motifs is 1. The molecule has 0 spiro atoms. The fourth-order valence-corrected chi connectivity index (χ4v) is 2.07. The summed E-state index contributed by atoms with van der Waals surface area (Å²) in [5.41, 5.74) is 0.539. The summed E-state index contributed by atoms with van der Waals surface area (Å²) < 4.78 is 13.8. The molecule has 1 amide bonds. The Bertz CT molecular complexity index is 661. The van der Waals surface area contributed by atoms with E-state index in [4.69, 9.17) is 0 Å². The average molecular weight is 287 g/mol. The van der Waals surface area contributed by atoms with Crippen molar-refractivity contribution in [3.63, 3.8) is 0 Å². The molecular formula is C18H22FNO.